The molecule has 21 heavy (non-hydrogen) atoms. The molecule has 0 aromatic rings. The molecule has 0 radical (unpaired) electrons. The maximum atomic E-state index is 6.40. The van der Waals surface area contributed by atoms with E-state index in [2.05, 4.69) is 78.4 Å². The monoisotopic (exact) mass is 318 g/mol. The lowest BCUT2D eigenvalue weighted by molar-refractivity contribution is 0.00957. The summed E-state index contributed by atoms with van der Waals surface area (Å²) in [4.78, 5) is 0. The van der Waals surface area contributed by atoms with Gasteiger partial charge in [-0.15, -0.1) is 0 Å². The highest BCUT2D eigenvalue weighted by Gasteiger charge is 2.57. The molecule has 0 unspecified atom stereocenters. The molecular weight excluding hydrogens is 280 g/mol. The van der Waals surface area contributed by atoms with Crippen LogP contribution in [-0.4, -0.2) is 55.4 Å². The van der Waals surface area contributed by atoms with E-state index in [0.29, 0.717) is 13.2 Å². The van der Waals surface area contributed by atoms with Gasteiger partial charge in [0, 0.05) is 24.3 Å². The number of nitrogens with zero attached hydrogens (tertiary/aromatic N) is 2. The van der Waals surface area contributed by atoms with Gasteiger partial charge in [-0.3, -0.25) is 9.13 Å². The molecule has 0 bridgehead atoms. The van der Waals surface area contributed by atoms with Crippen molar-refractivity contribution in [2.75, 3.05) is 26.3 Å². The maximum absolute atomic E-state index is 6.40. The van der Waals surface area contributed by atoms with Crippen LogP contribution in [0.4, 0.5) is 0 Å². The second kappa shape index (κ2) is 8.06. The summed E-state index contributed by atoms with van der Waals surface area (Å²) >= 11 is 0. The average molecular weight is 319 g/mol. The number of hydrogen-bond acceptors (Lipinski definition) is 4. The molecule has 0 atom stereocenters. The maximum Gasteiger partial charge on any atom is 0.523 e. The normalized spacial score (nSPS) is 14.3. The highest BCUT2D eigenvalue weighted by Crippen LogP contribution is 2.31. The van der Waals surface area contributed by atoms with Crippen LogP contribution in [0.5, 0.6) is 0 Å². The van der Waals surface area contributed by atoms with Gasteiger partial charge in [0.2, 0.25) is 0 Å². The summed E-state index contributed by atoms with van der Waals surface area (Å²) in [7, 11) is -2.66. The molecule has 0 aromatic heterocycles. The Morgan fingerprint density at radius 1 is 0.667 bits per heavy atom. The van der Waals surface area contributed by atoms with Crippen LogP contribution in [0.3, 0.4) is 0 Å². The van der Waals surface area contributed by atoms with E-state index in [0.717, 1.165) is 13.1 Å². The Hall–Kier alpha value is 0.0569. The summed E-state index contributed by atoms with van der Waals surface area (Å²) < 4.78 is 17.7. The standard InChI is InChI=1S/C16H38N2O2Si/c1-11-17(15(5,6)7)21(19-13-3,20-14-4)18(12-2)16(8,9)10/h11-14H2,1-10H3. The van der Waals surface area contributed by atoms with E-state index < -0.39 is 8.88 Å². The minimum Gasteiger partial charge on any atom is -0.371 e. The van der Waals surface area contributed by atoms with Crippen LogP contribution in [0, 0.1) is 0 Å². The van der Waals surface area contributed by atoms with Crippen LogP contribution in [0.15, 0.2) is 0 Å². The van der Waals surface area contributed by atoms with E-state index in [1.165, 1.54) is 0 Å². The van der Waals surface area contributed by atoms with E-state index in [-0.39, 0.29) is 11.1 Å². The van der Waals surface area contributed by atoms with Gasteiger partial charge in [0.25, 0.3) is 0 Å². The van der Waals surface area contributed by atoms with E-state index in [1.54, 1.807) is 0 Å². The second-order valence-electron chi connectivity index (χ2n) is 7.24. The summed E-state index contributed by atoms with van der Waals surface area (Å²) in [5.74, 6) is 0. The third kappa shape index (κ3) is 5.03. The van der Waals surface area contributed by atoms with Crippen molar-refractivity contribution in [1.29, 1.82) is 0 Å². The van der Waals surface area contributed by atoms with Gasteiger partial charge in [0.1, 0.15) is 0 Å². The molecule has 0 N–H and O–H groups in total. The lowest BCUT2D eigenvalue weighted by atomic mass is 10.1. The van der Waals surface area contributed by atoms with Crippen molar-refractivity contribution in [1.82, 2.24) is 9.13 Å². The first kappa shape index (κ1) is 21.1. The highest BCUT2D eigenvalue weighted by atomic mass is 28.4. The highest BCUT2D eigenvalue weighted by molar-refractivity contribution is 6.62. The minimum atomic E-state index is -2.66. The van der Waals surface area contributed by atoms with Gasteiger partial charge in [-0.25, -0.2) is 0 Å². The predicted molar refractivity (Wildman–Crippen MR) is 93.3 cm³/mol. The quantitative estimate of drug-likeness (QED) is 0.637. The number of rotatable bonds is 8. The predicted octanol–water partition coefficient (Wildman–Crippen LogP) is 3.74. The van der Waals surface area contributed by atoms with Crippen LogP contribution >= 0.6 is 0 Å². The third-order valence-corrected chi connectivity index (χ3v) is 8.27. The van der Waals surface area contributed by atoms with E-state index in [9.17, 15) is 0 Å². The zero-order valence-corrected chi connectivity index (χ0v) is 17.0. The summed E-state index contributed by atoms with van der Waals surface area (Å²) in [5.41, 5.74) is 0.00790. The molecule has 0 aliphatic rings. The first-order valence-electron chi connectivity index (χ1n) is 8.34. The SMILES string of the molecule is CCO[Si](OCC)(N(CC)C(C)(C)C)N(CC)C(C)(C)C. The molecule has 0 spiro atoms. The third-order valence-electron chi connectivity index (χ3n) is 3.60. The first-order valence-corrected chi connectivity index (χ1v) is 10.1. The molecule has 0 heterocycles. The zero-order valence-electron chi connectivity index (χ0n) is 16.0. The van der Waals surface area contributed by atoms with Crippen LogP contribution < -0.4 is 0 Å². The summed E-state index contributed by atoms with van der Waals surface area (Å²) in [6.45, 7) is 25.2. The largest absolute Gasteiger partial charge is 0.523 e. The molecule has 0 aliphatic carbocycles. The van der Waals surface area contributed by atoms with Crippen molar-refractivity contribution in [3.8, 4) is 0 Å². The lowest BCUT2D eigenvalue weighted by Crippen LogP contribution is -2.76. The van der Waals surface area contributed by atoms with E-state index >= 15 is 0 Å². The number of hydrogen-bond donors (Lipinski definition) is 0. The Bertz CT molecular complexity index is 268. The van der Waals surface area contributed by atoms with Gasteiger partial charge < -0.3 is 8.85 Å². The Kier molecular flexibility index (Phi) is 8.08. The van der Waals surface area contributed by atoms with Crippen molar-refractivity contribution in [2.24, 2.45) is 0 Å². The smallest absolute Gasteiger partial charge is 0.371 e. The molecule has 0 amide bonds. The van der Waals surface area contributed by atoms with Crippen LogP contribution in [-0.2, 0) is 8.85 Å². The van der Waals surface area contributed by atoms with Gasteiger partial charge in [-0.2, -0.15) is 0 Å². The fourth-order valence-electron chi connectivity index (χ4n) is 3.07. The molecule has 128 valence electrons. The Labute approximate surface area is 134 Å². The van der Waals surface area contributed by atoms with Gasteiger partial charge in [-0.1, -0.05) is 13.8 Å². The van der Waals surface area contributed by atoms with Crippen LogP contribution in [0.25, 0.3) is 0 Å². The van der Waals surface area contributed by atoms with E-state index in [4.69, 9.17) is 8.85 Å². The van der Waals surface area contributed by atoms with Crippen molar-refractivity contribution in [2.45, 2.75) is 80.3 Å². The molecule has 0 aliphatic heterocycles. The van der Waals surface area contributed by atoms with Crippen molar-refractivity contribution in [3.05, 3.63) is 0 Å². The zero-order chi connectivity index (χ0) is 16.9. The fraction of sp³-hybridized carbons (Fsp3) is 1.00. The lowest BCUT2D eigenvalue weighted by Gasteiger charge is -2.53. The molecule has 0 saturated carbocycles. The van der Waals surface area contributed by atoms with Gasteiger partial charge in [-0.05, 0) is 68.5 Å². The summed E-state index contributed by atoms with van der Waals surface area (Å²) in [6, 6.07) is 0. The molecule has 5 heteroatoms. The van der Waals surface area contributed by atoms with Crippen LogP contribution in [0.2, 0.25) is 0 Å². The van der Waals surface area contributed by atoms with E-state index in [1.807, 2.05) is 0 Å². The van der Waals surface area contributed by atoms with Gasteiger partial charge in [0.05, 0.1) is 0 Å². The molecule has 0 aromatic carbocycles. The average Bonchev–Trinajstić information content (AvgIpc) is 2.27. The Morgan fingerprint density at radius 3 is 1.10 bits per heavy atom. The van der Waals surface area contributed by atoms with Gasteiger partial charge in [0.15, 0.2) is 0 Å². The van der Waals surface area contributed by atoms with Crippen molar-refractivity contribution in [3.63, 3.8) is 0 Å². The van der Waals surface area contributed by atoms with Crippen LogP contribution in [0.1, 0.15) is 69.2 Å². The Morgan fingerprint density at radius 2 is 0.952 bits per heavy atom. The summed E-state index contributed by atoms with van der Waals surface area (Å²) in [5, 5.41) is 0. The first-order chi connectivity index (χ1) is 9.51. The second-order valence-corrected chi connectivity index (χ2v) is 10.00. The Balaban J connectivity index is 6.05. The van der Waals surface area contributed by atoms with Crippen molar-refractivity contribution < 1.29 is 8.85 Å². The topological polar surface area (TPSA) is 24.9 Å². The molecular formula is C16H38N2O2Si. The minimum absolute atomic E-state index is 0.00395. The molecule has 0 fully saturated rings. The van der Waals surface area contributed by atoms with Gasteiger partial charge >= 0.3 is 8.88 Å². The fourth-order valence-corrected chi connectivity index (χ4v) is 7.32. The molecule has 0 saturated heterocycles. The molecule has 4 nitrogen and oxygen atoms in total. The summed E-state index contributed by atoms with van der Waals surface area (Å²) in [6.07, 6.45) is 0. The molecule has 0 rings (SSSR count). The van der Waals surface area contributed by atoms with Crippen molar-refractivity contribution >= 4 is 8.88 Å².